The highest BCUT2D eigenvalue weighted by atomic mass is 19.3. The number of benzene rings is 1. The molecule has 0 aromatic heterocycles. The molecule has 1 aromatic carbocycles. The highest BCUT2D eigenvalue weighted by Gasteiger charge is 2.46. The van der Waals surface area contributed by atoms with Gasteiger partial charge in [0.15, 0.2) is 0 Å². The number of hydrogen-bond donors (Lipinski definition) is 1. The zero-order chi connectivity index (χ0) is 12.7. The van der Waals surface area contributed by atoms with Crippen LogP contribution in [0.5, 0.6) is 0 Å². The fourth-order valence-corrected chi connectivity index (χ4v) is 2.08. The Morgan fingerprint density at radius 1 is 1.41 bits per heavy atom. The summed E-state index contributed by atoms with van der Waals surface area (Å²) in [5.41, 5.74) is 5.74. The SMILES string of the molecule is CC(F)(F)C(CC1(N)CC1)c1cccc(F)c1. The average Bonchev–Trinajstić information content (AvgIpc) is 2.92. The molecule has 0 amide bonds. The highest BCUT2D eigenvalue weighted by molar-refractivity contribution is 5.24. The molecule has 1 saturated carbocycles. The molecule has 1 nitrogen and oxygen atoms in total. The number of rotatable bonds is 4. The lowest BCUT2D eigenvalue weighted by atomic mass is 9.86. The molecule has 94 valence electrons. The van der Waals surface area contributed by atoms with Crippen LogP contribution in [0, 0.1) is 5.82 Å². The summed E-state index contributed by atoms with van der Waals surface area (Å²) in [6.07, 6.45) is 1.75. The van der Waals surface area contributed by atoms with Crippen molar-refractivity contribution in [1.82, 2.24) is 0 Å². The predicted molar refractivity (Wildman–Crippen MR) is 60.5 cm³/mol. The Kier molecular flexibility index (Phi) is 2.94. The fraction of sp³-hybridized carbons (Fsp3) is 0.538. The van der Waals surface area contributed by atoms with Gasteiger partial charge >= 0.3 is 0 Å². The van der Waals surface area contributed by atoms with E-state index in [-0.39, 0.29) is 6.42 Å². The van der Waals surface area contributed by atoms with Crippen molar-refractivity contribution in [3.05, 3.63) is 35.6 Å². The third-order valence-corrected chi connectivity index (χ3v) is 3.37. The molecular weight excluding hydrogens is 227 g/mol. The molecule has 1 atom stereocenters. The lowest BCUT2D eigenvalue weighted by Gasteiger charge is -2.26. The van der Waals surface area contributed by atoms with E-state index in [2.05, 4.69) is 0 Å². The number of nitrogens with two attached hydrogens (primary N) is 1. The van der Waals surface area contributed by atoms with Crippen molar-refractivity contribution < 1.29 is 13.2 Å². The van der Waals surface area contributed by atoms with Crippen LogP contribution in [-0.4, -0.2) is 11.5 Å². The molecule has 1 fully saturated rings. The minimum absolute atomic E-state index is 0.208. The van der Waals surface area contributed by atoms with Crippen molar-refractivity contribution in [2.75, 3.05) is 0 Å². The maximum atomic E-state index is 13.6. The van der Waals surface area contributed by atoms with Gasteiger partial charge in [-0.25, -0.2) is 13.2 Å². The molecule has 0 radical (unpaired) electrons. The second-order valence-electron chi connectivity index (χ2n) is 5.13. The minimum atomic E-state index is -2.89. The van der Waals surface area contributed by atoms with Crippen LogP contribution in [0.15, 0.2) is 24.3 Å². The van der Waals surface area contributed by atoms with Gasteiger partial charge in [-0.2, -0.15) is 0 Å². The fourth-order valence-electron chi connectivity index (χ4n) is 2.08. The van der Waals surface area contributed by atoms with Gasteiger partial charge in [-0.15, -0.1) is 0 Å². The number of alkyl halides is 2. The first kappa shape index (κ1) is 12.4. The molecule has 1 aliphatic rings. The van der Waals surface area contributed by atoms with Crippen LogP contribution in [0.2, 0.25) is 0 Å². The molecule has 0 bridgehead atoms. The predicted octanol–water partition coefficient (Wildman–Crippen LogP) is 3.45. The van der Waals surface area contributed by atoms with Gasteiger partial charge in [0.25, 0.3) is 5.92 Å². The van der Waals surface area contributed by atoms with Crippen molar-refractivity contribution in [2.24, 2.45) is 5.73 Å². The van der Waals surface area contributed by atoms with Crippen LogP contribution in [0.3, 0.4) is 0 Å². The maximum absolute atomic E-state index is 13.6. The van der Waals surface area contributed by atoms with E-state index in [9.17, 15) is 13.2 Å². The monoisotopic (exact) mass is 243 g/mol. The molecule has 0 saturated heterocycles. The lowest BCUT2D eigenvalue weighted by molar-refractivity contribution is -0.0137. The van der Waals surface area contributed by atoms with Crippen LogP contribution >= 0.6 is 0 Å². The Morgan fingerprint density at radius 3 is 2.53 bits per heavy atom. The second kappa shape index (κ2) is 4.02. The van der Waals surface area contributed by atoms with Crippen molar-refractivity contribution in [1.29, 1.82) is 0 Å². The molecule has 0 aliphatic heterocycles. The van der Waals surface area contributed by atoms with Gasteiger partial charge in [0.1, 0.15) is 5.82 Å². The van der Waals surface area contributed by atoms with Crippen molar-refractivity contribution in [3.63, 3.8) is 0 Å². The molecule has 1 unspecified atom stereocenters. The first-order valence-electron chi connectivity index (χ1n) is 5.72. The van der Waals surface area contributed by atoms with E-state index in [0.29, 0.717) is 5.56 Å². The Bertz CT molecular complexity index is 407. The minimum Gasteiger partial charge on any atom is -0.325 e. The summed E-state index contributed by atoms with van der Waals surface area (Å²) in [7, 11) is 0. The van der Waals surface area contributed by atoms with Gasteiger partial charge in [-0.05, 0) is 43.9 Å². The first-order valence-corrected chi connectivity index (χ1v) is 5.72. The third kappa shape index (κ3) is 3.00. The summed E-state index contributed by atoms with van der Waals surface area (Å²) in [5.74, 6) is -4.38. The topological polar surface area (TPSA) is 26.0 Å². The largest absolute Gasteiger partial charge is 0.325 e. The molecule has 4 heteroatoms. The molecule has 0 spiro atoms. The zero-order valence-electron chi connectivity index (χ0n) is 9.72. The van der Waals surface area contributed by atoms with Gasteiger partial charge < -0.3 is 5.73 Å². The standard InChI is InChI=1S/C13H16F3N/c1-12(15,16)11(8-13(17)5-6-13)9-3-2-4-10(14)7-9/h2-4,7,11H,5-6,8,17H2,1H3. The van der Waals surface area contributed by atoms with E-state index in [1.807, 2.05) is 0 Å². The van der Waals surface area contributed by atoms with Gasteiger partial charge in [0.2, 0.25) is 0 Å². The Hall–Kier alpha value is -1.03. The molecule has 2 N–H and O–H groups in total. The van der Waals surface area contributed by atoms with Crippen molar-refractivity contribution in [2.45, 2.75) is 43.6 Å². The van der Waals surface area contributed by atoms with Crippen LogP contribution < -0.4 is 5.73 Å². The Labute approximate surface area is 98.8 Å². The molecule has 1 aliphatic carbocycles. The van der Waals surface area contributed by atoms with Gasteiger partial charge in [0, 0.05) is 11.5 Å². The molecule has 0 heterocycles. The third-order valence-electron chi connectivity index (χ3n) is 3.37. The van der Waals surface area contributed by atoms with Gasteiger partial charge in [-0.1, -0.05) is 12.1 Å². The van der Waals surface area contributed by atoms with E-state index in [1.54, 1.807) is 0 Å². The number of halogens is 3. The smallest absolute Gasteiger partial charge is 0.252 e. The summed E-state index contributed by atoms with van der Waals surface area (Å²) in [4.78, 5) is 0. The molecule has 17 heavy (non-hydrogen) atoms. The first-order chi connectivity index (χ1) is 7.80. The summed E-state index contributed by atoms with van der Waals surface area (Å²) in [5, 5.41) is 0. The van der Waals surface area contributed by atoms with Crippen molar-refractivity contribution >= 4 is 0 Å². The number of hydrogen-bond acceptors (Lipinski definition) is 1. The Balaban J connectivity index is 2.26. The van der Waals surface area contributed by atoms with Crippen molar-refractivity contribution in [3.8, 4) is 0 Å². The van der Waals surface area contributed by atoms with Crippen LogP contribution in [0.25, 0.3) is 0 Å². The van der Waals surface area contributed by atoms with Crippen LogP contribution in [0.4, 0.5) is 13.2 Å². The van der Waals surface area contributed by atoms with Gasteiger partial charge in [0.05, 0.1) is 0 Å². The van der Waals surface area contributed by atoms with E-state index >= 15 is 0 Å². The Morgan fingerprint density at radius 2 is 2.06 bits per heavy atom. The summed E-state index contributed by atoms with van der Waals surface area (Å²) in [6.45, 7) is 0.869. The second-order valence-corrected chi connectivity index (χ2v) is 5.13. The van der Waals surface area contributed by atoms with Gasteiger partial charge in [-0.3, -0.25) is 0 Å². The lowest BCUT2D eigenvalue weighted by Crippen LogP contribution is -2.32. The molecule has 1 aromatic rings. The van der Waals surface area contributed by atoms with Crippen LogP contribution in [-0.2, 0) is 0 Å². The van der Waals surface area contributed by atoms with E-state index in [4.69, 9.17) is 5.73 Å². The zero-order valence-corrected chi connectivity index (χ0v) is 9.72. The van der Waals surface area contributed by atoms with E-state index in [1.165, 1.54) is 24.3 Å². The summed E-state index contributed by atoms with van der Waals surface area (Å²) >= 11 is 0. The summed E-state index contributed by atoms with van der Waals surface area (Å²) < 4.78 is 40.3. The maximum Gasteiger partial charge on any atom is 0.252 e. The van der Waals surface area contributed by atoms with E-state index in [0.717, 1.165) is 19.8 Å². The highest BCUT2D eigenvalue weighted by Crippen LogP contribution is 2.46. The van der Waals surface area contributed by atoms with E-state index < -0.39 is 23.2 Å². The van der Waals surface area contributed by atoms with Crippen LogP contribution in [0.1, 0.15) is 37.7 Å². The molecular formula is C13H16F3N. The quantitative estimate of drug-likeness (QED) is 0.861. The average molecular weight is 243 g/mol. The normalized spacial score (nSPS) is 20.1. The summed E-state index contributed by atoms with van der Waals surface area (Å²) in [6, 6.07) is 5.42. The molecule has 2 rings (SSSR count).